The Hall–Kier alpha value is -2.05. The molecule has 0 aliphatic rings. The molecule has 0 saturated carbocycles. The number of phenols is 1. The van der Waals surface area contributed by atoms with Gasteiger partial charge in [0.1, 0.15) is 11.8 Å². The fraction of sp³-hybridized carbons (Fsp3) is 0. The highest BCUT2D eigenvalue weighted by Crippen LogP contribution is 2.24. The SMILES string of the molecule is N#Cc1cccc(/C=C/c2cccs2)c1O. The lowest BCUT2D eigenvalue weighted by Gasteiger charge is -1.99. The minimum Gasteiger partial charge on any atom is -0.506 e. The Morgan fingerprint density at radius 2 is 2.06 bits per heavy atom. The number of hydrogen-bond donors (Lipinski definition) is 1. The monoisotopic (exact) mass is 227 g/mol. The van der Waals surface area contributed by atoms with Gasteiger partial charge in [-0.05, 0) is 29.7 Å². The Morgan fingerprint density at radius 3 is 2.75 bits per heavy atom. The van der Waals surface area contributed by atoms with E-state index < -0.39 is 0 Å². The average Bonchev–Trinajstić information content (AvgIpc) is 2.81. The standard InChI is InChI=1S/C13H9NOS/c14-9-11-4-1-3-10(13(11)15)6-7-12-5-2-8-16-12/h1-8,15H/b7-6+. The Balaban J connectivity index is 2.32. The van der Waals surface area contributed by atoms with Crippen LogP contribution in [0, 0.1) is 11.3 Å². The molecule has 0 amide bonds. The minimum absolute atomic E-state index is 0.0396. The number of hydrogen-bond acceptors (Lipinski definition) is 3. The Bertz CT molecular complexity index is 550. The van der Waals surface area contributed by atoms with Crippen LogP contribution in [0.3, 0.4) is 0 Å². The van der Waals surface area contributed by atoms with Crippen molar-refractivity contribution < 1.29 is 5.11 Å². The molecule has 1 N–H and O–H groups in total. The van der Waals surface area contributed by atoms with Crippen LogP contribution in [0.4, 0.5) is 0 Å². The summed E-state index contributed by atoms with van der Waals surface area (Å²) < 4.78 is 0. The largest absolute Gasteiger partial charge is 0.506 e. The van der Waals surface area contributed by atoms with Crippen molar-refractivity contribution in [2.45, 2.75) is 0 Å². The van der Waals surface area contributed by atoms with Crippen molar-refractivity contribution >= 4 is 23.5 Å². The average molecular weight is 227 g/mol. The highest BCUT2D eigenvalue weighted by molar-refractivity contribution is 7.10. The smallest absolute Gasteiger partial charge is 0.140 e. The van der Waals surface area contributed by atoms with E-state index >= 15 is 0 Å². The molecule has 1 aromatic heterocycles. The van der Waals surface area contributed by atoms with Crippen molar-refractivity contribution in [2.24, 2.45) is 0 Å². The maximum absolute atomic E-state index is 9.75. The highest BCUT2D eigenvalue weighted by Gasteiger charge is 2.02. The summed E-state index contributed by atoms with van der Waals surface area (Å²) in [6.07, 6.45) is 3.73. The number of para-hydroxylation sites is 1. The molecule has 16 heavy (non-hydrogen) atoms. The molecular formula is C13H9NOS. The van der Waals surface area contributed by atoms with Gasteiger partial charge in [-0.25, -0.2) is 0 Å². The second kappa shape index (κ2) is 4.65. The van der Waals surface area contributed by atoms with Gasteiger partial charge >= 0.3 is 0 Å². The molecule has 0 atom stereocenters. The molecule has 0 spiro atoms. The van der Waals surface area contributed by atoms with Gasteiger partial charge < -0.3 is 5.11 Å². The van der Waals surface area contributed by atoms with Gasteiger partial charge in [0.25, 0.3) is 0 Å². The second-order valence-corrected chi connectivity index (χ2v) is 4.18. The van der Waals surface area contributed by atoms with E-state index in [9.17, 15) is 5.11 Å². The summed E-state index contributed by atoms with van der Waals surface area (Å²) in [5.74, 6) is 0.0396. The van der Waals surface area contributed by atoms with E-state index in [1.165, 1.54) is 0 Å². The first-order valence-corrected chi connectivity index (χ1v) is 5.63. The van der Waals surface area contributed by atoms with E-state index in [0.717, 1.165) is 4.88 Å². The van der Waals surface area contributed by atoms with E-state index in [4.69, 9.17) is 5.26 Å². The van der Waals surface area contributed by atoms with Crippen molar-refractivity contribution in [1.82, 2.24) is 0 Å². The number of thiophene rings is 1. The van der Waals surface area contributed by atoms with Crippen LogP contribution >= 0.6 is 11.3 Å². The fourth-order valence-electron chi connectivity index (χ4n) is 1.34. The van der Waals surface area contributed by atoms with Crippen molar-refractivity contribution in [3.63, 3.8) is 0 Å². The van der Waals surface area contributed by atoms with Crippen molar-refractivity contribution in [1.29, 1.82) is 5.26 Å². The molecule has 2 nitrogen and oxygen atoms in total. The van der Waals surface area contributed by atoms with Gasteiger partial charge in [-0.2, -0.15) is 5.26 Å². The predicted molar refractivity (Wildman–Crippen MR) is 66.1 cm³/mol. The lowest BCUT2D eigenvalue weighted by molar-refractivity contribution is 0.472. The number of phenolic OH excluding ortho intramolecular Hbond substituents is 1. The molecule has 0 fully saturated rings. The van der Waals surface area contributed by atoms with E-state index in [1.807, 2.05) is 35.7 Å². The quantitative estimate of drug-likeness (QED) is 0.853. The Morgan fingerprint density at radius 1 is 1.19 bits per heavy atom. The van der Waals surface area contributed by atoms with E-state index in [2.05, 4.69) is 0 Å². The van der Waals surface area contributed by atoms with Crippen LogP contribution < -0.4 is 0 Å². The summed E-state index contributed by atoms with van der Waals surface area (Å²) >= 11 is 1.62. The number of nitrogens with zero attached hydrogens (tertiary/aromatic N) is 1. The molecule has 0 aliphatic heterocycles. The second-order valence-electron chi connectivity index (χ2n) is 3.20. The molecule has 2 aromatic rings. The first kappa shape index (κ1) is 10.5. The normalized spacial score (nSPS) is 10.4. The van der Waals surface area contributed by atoms with E-state index in [-0.39, 0.29) is 5.75 Å². The fourth-order valence-corrected chi connectivity index (χ4v) is 1.96. The molecule has 3 heteroatoms. The van der Waals surface area contributed by atoms with Crippen molar-refractivity contribution in [3.05, 3.63) is 51.7 Å². The molecule has 0 saturated heterocycles. The zero-order chi connectivity index (χ0) is 11.4. The third kappa shape index (κ3) is 2.13. The lowest BCUT2D eigenvalue weighted by atomic mass is 10.1. The van der Waals surface area contributed by atoms with Gasteiger partial charge in [0.05, 0.1) is 5.56 Å². The van der Waals surface area contributed by atoms with Gasteiger partial charge in [0.2, 0.25) is 0 Å². The zero-order valence-corrected chi connectivity index (χ0v) is 9.24. The van der Waals surface area contributed by atoms with Gasteiger partial charge in [-0.3, -0.25) is 0 Å². The van der Waals surface area contributed by atoms with Gasteiger partial charge in [0.15, 0.2) is 0 Å². The summed E-state index contributed by atoms with van der Waals surface area (Å²) in [4.78, 5) is 1.11. The van der Waals surface area contributed by atoms with Crippen LogP contribution in [0.15, 0.2) is 35.7 Å². The number of benzene rings is 1. The first-order valence-electron chi connectivity index (χ1n) is 4.75. The maximum atomic E-state index is 9.75. The predicted octanol–water partition coefficient (Wildman–Crippen LogP) is 3.50. The molecule has 0 aliphatic carbocycles. The van der Waals surface area contributed by atoms with Crippen LogP contribution in [-0.2, 0) is 0 Å². The molecule has 78 valence electrons. The summed E-state index contributed by atoms with van der Waals surface area (Å²) in [5, 5.41) is 20.5. The molecular weight excluding hydrogens is 218 g/mol. The third-order valence-electron chi connectivity index (χ3n) is 2.16. The summed E-state index contributed by atoms with van der Waals surface area (Å²) in [6.45, 7) is 0. The van der Waals surface area contributed by atoms with Gasteiger partial charge in [-0.1, -0.05) is 18.2 Å². The molecule has 1 aromatic carbocycles. The summed E-state index contributed by atoms with van der Waals surface area (Å²) in [7, 11) is 0. The first-order chi connectivity index (χ1) is 7.81. The molecule has 2 rings (SSSR count). The van der Waals surface area contributed by atoms with Crippen LogP contribution in [-0.4, -0.2) is 5.11 Å². The lowest BCUT2D eigenvalue weighted by Crippen LogP contribution is -1.79. The van der Waals surface area contributed by atoms with E-state index in [1.54, 1.807) is 29.5 Å². The Labute approximate surface area is 97.7 Å². The molecule has 0 radical (unpaired) electrons. The maximum Gasteiger partial charge on any atom is 0.140 e. The van der Waals surface area contributed by atoms with E-state index in [0.29, 0.717) is 11.1 Å². The van der Waals surface area contributed by atoms with Crippen LogP contribution in [0.2, 0.25) is 0 Å². The van der Waals surface area contributed by atoms with Gasteiger partial charge in [-0.15, -0.1) is 11.3 Å². The highest BCUT2D eigenvalue weighted by atomic mass is 32.1. The summed E-state index contributed by atoms with van der Waals surface area (Å²) in [5.41, 5.74) is 0.959. The summed E-state index contributed by atoms with van der Waals surface area (Å²) in [6, 6.07) is 11.0. The van der Waals surface area contributed by atoms with Crippen LogP contribution in [0.1, 0.15) is 16.0 Å². The third-order valence-corrected chi connectivity index (χ3v) is 3.00. The number of nitriles is 1. The van der Waals surface area contributed by atoms with Gasteiger partial charge in [0, 0.05) is 10.4 Å². The number of aromatic hydroxyl groups is 1. The topological polar surface area (TPSA) is 44.0 Å². The van der Waals surface area contributed by atoms with Crippen molar-refractivity contribution in [2.75, 3.05) is 0 Å². The van der Waals surface area contributed by atoms with Crippen LogP contribution in [0.5, 0.6) is 5.75 Å². The Kier molecular flexibility index (Phi) is 3.04. The van der Waals surface area contributed by atoms with Crippen molar-refractivity contribution in [3.8, 4) is 11.8 Å². The number of rotatable bonds is 2. The molecule has 1 heterocycles. The minimum atomic E-state index is 0.0396. The molecule has 0 unspecified atom stereocenters. The van der Waals surface area contributed by atoms with Crippen LogP contribution in [0.25, 0.3) is 12.2 Å². The molecule has 0 bridgehead atoms. The zero-order valence-electron chi connectivity index (χ0n) is 8.42.